The first-order valence-electron chi connectivity index (χ1n) is 10.1. The maximum absolute atomic E-state index is 12.9. The van der Waals surface area contributed by atoms with Crippen molar-refractivity contribution in [3.05, 3.63) is 72.3 Å². The van der Waals surface area contributed by atoms with E-state index in [2.05, 4.69) is 42.5 Å². The number of amides is 1. The van der Waals surface area contributed by atoms with E-state index < -0.39 is 0 Å². The van der Waals surface area contributed by atoms with Crippen molar-refractivity contribution < 1.29 is 4.79 Å². The highest BCUT2D eigenvalue weighted by Crippen LogP contribution is 2.24. The summed E-state index contributed by atoms with van der Waals surface area (Å²) in [6.07, 6.45) is 7.55. The lowest BCUT2D eigenvalue weighted by Crippen LogP contribution is -2.18. The molecule has 0 unspecified atom stereocenters. The van der Waals surface area contributed by atoms with Gasteiger partial charge in [-0.05, 0) is 55.8 Å². The molecule has 30 heavy (non-hydrogen) atoms. The predicted octanol–water partition coefficient (Wildman–Crippen LogP) is 3.87. The van der Waals surface area contributed by atoms with E-state index in [1.54, 1.807) is 18.6 Å². The molecule has 150 valence electrons. The summed E-state index contributed by atoms with van der Waals surface area (Å²) in [5.41, 5.74) is 4.81. The molecule has 7 nitrogen and oxygen atoms in total. The molecule has 0 bridgehead atoms. The second-order valence-corrected chi connectivity index (χ2v) is 7.56. The van der Waals surface area contributed by atoms with Crippen molar-refractivity contribution in [3.63, 3.8) is 0 Å². The summed E-state index contributed by atoms with van der Waals surface area (Å²) in [5.74, 6) is -0.246. The minimum atomic E-state index is -0.246. The van der Waals surface area contributed by atoms with E-state index in [9.17, 15) is 4.79 Å². The molecule has 1 fully saturated rings. The van der Waals surface area contributed by atoms with Crippen LogP contribution >= 0.6 is 0 Å². The number of hydrogen-bond acceptors (Lipinski definition) is 5. The van der Waals surface area contributed by atoms with Crippen LogP contribution in [0.25, 0.3) is 22.2 Å². The summed E-state index contributed by atoms with van der Waals surface area (Å²) >= 11 is 0. The maximum Gasteiger partial charge on any atom is 0.276 e. The molecule has 2 aromatic carbocycles. The van der Waals surface area contributed by atoms with E-state index in [0.717, 1.165) is 34.4 Å². The Morgan fingerprint density at radius 3 is 2.67 bits per heavy atom. The number of nitrogens with one attached hydrogen (secondary N) is 2. The fourth-order valence-corrected chi connectivity index (χ4v) is 3.88. The van der Waals surface area contributed by atoms with Gasteiger partial charge < -0.3 is 5.32 Å². The quantitative estimate of drug-likeness (QED) is 0.533. The molecular weight excluding hydrogens is 376 g/mol. The number of anilines is 1. The van der Waals surface area contributed by atoms with E-state index in [1.165, 1.54) is 31.5 Å². The van der Waals surface area contributed by atoms with Gasteiger partial charge in [-0.2, -0.15) is 5.10 Å². The van der Waals surface area contributed by atoms with Gasteiger partial charge in [0.2, 0.25) is 0 Å². The minimum absolute atomic E-state index is 0.246. The Hall–Kier alpha value is -3.58. The molecule has 0 radical (unpaired) electrons. The van der Waals surface area contributed by atoms with Gasteiger partial charge in [0.1, 0.15) is 0 Å². The maximum atomic E-state index is 12.9. The molecule has 0 saturated carbocycles. The Bertz CT molecular complexity index is 1160. The molecule has 2 N–H and O–H groups in total. The second-order valence-electron chi connectivity index (χ2n) is 7.56. The Morgan fingerprint density at radius 2 is 1.90 bits per heavy atom. The number of nitrogens with zero attached hydrogens (tertiary/aromatic N) is 4. The van der Waals surface area contributed by atoms with Crippen LogP contribution in [0.3, 0.4) is 0 Å². The number of carbonyl (C=O) groups excluding carboxylic acids is 1. The van der Waals surface area contributed by atoms with Crippen molar-refractivity contribution in [2.45, 2.75) is 19.4 Å². The lowest BCUT2D eigenvalue weighted by atomic mass is 10.1. The molecule has 0 aliphatic carbocycles. The fraction of sp³-hybridized carbons (Fsp3) is 0.217. The van der Waals surface area contributed by atoms with Crippen LogP contribution in [0, 0.1) is 0 Å². The topological polar surface area (TPSA) is 86.8 Å². The highest BCUT2D eigenvalue weighted by Gasteiger charge is 2.16. The number of likely N-dealkylation sites (tertiary alicyclic amines) is 1. The van der Waals surface area contributed by atoms with Crippen LogP contribution in [-0.4, -0.2) is 44.1 Å². The van der Waals surface area contributed by atoms with Gasteiger partial charge in [-0.15, -0.1) is 0 Å². The molecule has 4 aromatic rings. The fourth-order valence-electron chi connectivity index (χ4n) is 3.88. The van der Waals surface area contributed by atoms with Crippen LogP contribution < -0.4 is 5.32 Å². The molecule has 2 aromatic heterocycles. The predicted molar refractivity (Wildman–Crippen MR) is 116 cm³/mol. The number of aromatic amines is 1. The van der Waals surface area contributed by atoms with Gasteiger partial charge >= 0.3 is 0 Å². The summed E-state index contributed by atoms with van der Waals surface area (Å²) in [7, 11) is 0. The van der Waals surface area contributed by atoms with Gasteiger partial charge in [-0.25, -0.2) is 0 Å². The molecule has 1 amide bonds. The van der Waals surface area contributed by atoms with Gasteiger partial charge in [0.25, 0.3) is 5.91 Å². The van der Waals surface area contributed by atoms with Crippen LogP contribution in [-0.2, 0) is 6.54 Å². The average molecular weight is 398 g/mol. The van der Waals surface area contributed by atoms with Gasteiger partial charge in [0, 0.05) is 35.6 Å². The van der Waals surface area contributed by atoms with Crippen LogP contribution in [0.5, 0.6) is 0 Å². The van der Waals surface area contributed by atoms with Crippen LogP contribution in [0.15, 0.2) is 61.1 Å². The molecule has 1 aliphatic heterocycles. The second kappa shape index (κ2) is 8.04. The minimum Gasteiger partial charge on any atom is -0.321 e. The summed E-state index contributed by atoms with van der Waals surface area (Å²) in [6, 6.07) is 13.8. The SMILES string of the molecule is O=C(Nc1ccc(CN2CCCC2)cc1)c1n[nH]c2ccc(-c3cnccn3)cc12. The highest BCUT2D eigenvalue weighted by atomic mass is 16.1. The van der Waals surface area contributed by atoms with Crippen LogP contribution in [0.4, 0.5) is 5.69 Å². The molecular formula is C23H22N6O. The number of benzene rings is 2. The van der Waals surface area contributed by atoms with Crippen molar-refractivity contribution in [1.82, 2.24) is 25.1 Å². The normalized spacial score (nSPS) is 14.3. The van der Waals surface area contributed by atoms with E-state index in [0.29, 0.717) is 5.69 Å². The number of fused-ring (bicyclic) bond motifs is 1. The first kappa shape index (κ1) is 18.4. The van der Waals surface area contributed by atoms with Gasteiger partial charge in [-0.3, -0.25) is 24.8 Å². The van der Waals surface area contributed by atoms with Crippen molar-refractivity contribution in [3.8, 4) is 11.3 Å². The van der Waals surface area contributed by atoms with Gasteiger partial charge in [0.05, 0.1) is 17.4 Å². The molecule has 0 spiro atoms. The van der Waals surface area contributed by atoms with Crippen molar-refractivity contribution in [2.75, 3.05) is 18.4 Å². The Balaban J connectivity index is 1.34. The lowest BCUT2D eigenvalue weighted by molar-refractivity contribution is 0.102. The summed E-state index contributed by atoms with van der Waals surface area (Å²) < 4.78 is 0. The van der Waals surface area contributed by atoms with Crippen LogP contribution in [0.1, 0.15) is 28.9 Å². The first-order valence-corrected chi connectivity index (χ1v) is 10.1. The van der Waals surface area contributed by atoms with E-state index in [1.807, 2.05) is 30.3 Å². The monoisotopic (exact) mass is 398 g/mol. The van der Waals surface area contributed by atoms with E-state index >= 15 is 0 Å². The first-order chi connectivity index (χ1) is 14.8. The van der Waals surface area contributed by atoms with Crippen molar-refractivity contribution in [1.29, 1.82) is 0 Å². The Morgan fingerprint density at radius 1 is 1.07 bits per heavy atom. The Kier molecular flexibility index (Phi) is 4.94. The highest BCUT2D eigenvalue weighted by molar-refractivity contribution is 6.11. The van der Waals surface area contributed by atoms with Crippen LogP contribution in [0.2, 0.25) is 0 Å². The zero-order chi connectivity index (χ0) is 20.3. The number of hydrogen-bond donors (Lipinski definition) is 2. The zero-order valence-corrected chi connectivity index (χ0v) is 16.5. The lowest BCUT2D eigenvalue weighted by Gasteiger charge is -2.14. The van der Waals surface area contributed by atoms with E-state index in [-0.39, 0.29) is 5.91 Å². The number of aromatic nitrogens is 4. The van der Waals surface area contributed by atoms with Gasteiger partial charge in [0.15, 0.2) is 5.69 Å². The number of carbonyl (C=O) groups is 1. The molecule has 7 heteroatoms. The van der Waals surface area contributed by atoms with Crippen molar-refractivity contribution in [2.24, 2.45) is 0 Å². The third kappa shape index (κ3) is 3.79. The molecule has 1 saturated heterocycles. The summed E-state index contributed by atoms with van der Waals surface area (Å²) in [4.78, 5) is 23.8. The smallest absolute Gasteiger partial charge is 0.276 e. The summed E-state index contributed by atoms with van der Waals surface area (Å²) in [6.45, 7) is 3.30. The molecule has 0 atom stereocenters. The third-order valence-corrected chi connectivity index (χ3v) is 5.45. The van der Waals surface area contributed by atoms with Gasteiger partial charge in [-0.1, -0.05) is 18.2 Å². The molecule has 5 rings (SSSR count). The average Bonchev–Trinajstić information content (AvgIpc) is 3.45. The Labute approximate surface area is 174 Å². The number of rotatable bonds is 5. The molecule has 3 heterocycles. The third-order valence-electron chi connectivity index (χ3n) is 5.45. The van der Waals surface area contributed by atoms with Crippen molar-refractivity contribution >= 4 is 22.5 Å². The number of H-pyrrole nitrogens is 1. The standard InChI is InChI=1S/C23H22N6O/c30-23(26-18-6-3-16(4-7-18)15-29-11-1-2-12-29)22-19-13-17(5-8-20(19)27-28-22)21-14-24-9-10-25-21/h3-10,13-14H,1-2,11-12,15H2,(H,26,30)(H,27,28). The van der Waals surface area contributed by atoms with E-state index in [4.69, 9.17) is 0 Å². The summed E-state index contributed by atoms with van der Waals surface area (Å²) in [5, 5.41) is 10.9. The molecule has 1 aliphatic rings. The zero-order valence-electron chi connectivity index (χ0n) is 16.5. The largest absolute Gasteiger partial charge is 0.321 e.